The lowest BCUT2D eigenvalue weighted by Crippen LogP contribution is -2.35. The molecule has 0 aromatic heterocycles. The maximum atomic E-state index is 13.6. The van der Waals surface area contributed by atoms with Crippen LogP contribution in [0.3, 0.4) is 0 Å². The fourth-order valence-corrected chi connectivity index (χ4v) is 5.05. The third-order valence-corrected chi connectivity index (χ3v) is 6.97. The van der Waals surface area contributed by atoms with Gasteiger partial charge in [-0.25, -0.2) is 0 Å². The van der Waals surface area contributed by atoms with Gasteiger partial charge >= 0.3 is 0 Å². The number of aryl methyl sites for hydroxylation is 1. The van der Waals surface area contributed by atoms with Gasteiger partial charge in [0.25, 0.3) is 5.91 Å². The summed E-state index contributed by atoms with van der Waals surface area (Å²) in [5.74, 6) is -0.980. The van der Waals surface area contributed by atoms with Gasteiger partial charge < -0.3 is 5.32 Å². The van der Waals surface area contributed by atoms with Crippen molar-refractivity contribution in [3.8, 4) is 0 Å². The summed E-state index contributed by atoms with van der Waals surface area (Å²) in [6, 6.07) is 17.1. The Labute approximate surface area is 210 Å². The Morgan fingerprint density at radius 3 is 2.17 bits per heavy atom. The molecule has 1 N–H and O–H groups in total. The molecule has 6 nitrogen and oxygen atoms in total. The molecule has 1 aliphatic heterocycles. The van der Waals surface area contributed by atoms with E-state index in [1.165, 1.54) is 6.42 Å². The standard InChI is InChI=1S/C30H28N2O4/c1-19-9-11-20(12-10-19)30(36)31-27-21(17-22(33)18-32-15-5-2-6-16-32)13-14-25-26(27)29(35)24-8-4-3-7-23(24)28(25)34/h3-4,7-14H,2,5-6,15-18H2,1H3,(H,31,36). The highest BCUT2D eigenvalue weighted by Gasteiger charge is 2.33. The van der Waals surface area contributed by atoms with Gasteiger partial charge in [0, 0.05) is 28.7 Å². The number of hydrogen-bond acceptors (Lipinski definition) is 5. The molecule has 1 aliphatic carbocycles. The van der Waals surface area contributed by atoms with Gasteiger partial charge in [0.05, 0.1) is 17.8 Å². The number of nitrogens with zero attached hydrogens (tertiary/aromatic N) is 1. The molecule has 2 aliphatic rings. The van der Waals surface area contributed by atoms with Crippen LogP contribution < -0.4 is 5.32 Å². The van der Waals surface area contributed by atoms with Crippen LogP contribution in [-0.4, -0.2) is 47.8 Å². The van der Waals surface area contributed by atoms with Crippen molar-refractivity contribution in [1.82, 2.24) is 4.90 Å². The number of piperidine rings is 1. The minimum atomic E-state index is -0.396. The molecule has 1 heterocycles. The molecule has 1 amide bonds. The molecule has 0 bridgehead atoms. The largest absolute Gasteiger partial charge is 0.321 e. The second-order valence-electron chi connectivity index (χ2n) is 9.60. The van der Waals surface area contributed by atoms with Crippen LogP contribution >= 0.6 is 0 Å². The Morgan fingerprint density at radius 1 is 0.806 bits per heavy atom. The maximum Gasteiger partial charge on any atom is 0.255 e. The maximum absolute atomic E-state index is 13.6. The SMILES string of the molecule is Cc1ccc(C(=O)Nc2c(CC(=O)CN3CCCCC3)ccc3c2C(=O)c2ccccc2C3=O)cc1. The van der Waals surface area contributed by atoms with E-state index in [4.69, 9.17) is 0 Å². The lowest BCUT2D eigenvalue weighted by Gasteiger charge is -2.26. The number of benzene rings is 3. The van der Waals surface area contributed by atoms with Crippen molar-refractivity contribution in [2.45, 2.75) is 32.6 Å². The van der Waals surface area contributed by atoms with E-state index in [1.807, 2.05) is 19.1 Å². The highest BCUT2D eigenvalue weighted by atomic mass is 16.2. The van der Waals surface area contributed by atoms with Gasteiger partial charge in [-0.1, -0.05) is 54.4 Å². The van der Waals surface area contributed by atoms with E-state index >= 15 is 0 Å². The minimum Gasteiger partial charge on any atom is -0.321 e. The second kappa shape index (κ2) is 9.99. The van der Waals surface area contributed by atoms with Crippen LogP contribution in [0.25, 0.3) is 0 Å². The first-order valence-corrected chi connectivity index (χ1v) is 12.4. The molecule has 0 unspecified atom stereocenters. The molecule has 0 radical (unpaired) electrons. The quantitative estimate of drug-likeness (QED) is 0.435. The molecule has 3 aromatic carbocycles. The molecule has 0 spiro atoms. The normalized spacial score (nSPS) is 15.2. The summed E-state index contributed by atoms with van der Waals surface area (Å²) in [5.41, 5.74) is 3.28. The number of amides is 1. The van der Waals surface area contributed by atoms with Crippen molar-refractivity contribution in [3.63, 3.8) is 0 Å². The number of likely N-dealkylation sites (tertiary alicyclic amines) is 1. The number of hydrogen-bond donors (Lipinski definition) is 1. The van der Waals surface area contributed by atoms with Gasteiger partial charge in [-0.15, -0.1) is 0 Å². The predicted molar refractivity (Wildman–Crippen MR) is 138 cm³/mol. The average Bonchev–Trinajstić information content (AvgIpc) is 2.89. The van der Waals surface area contributed by atoms with Crippen molar-refractivity contribution < 1.29 is 19.2 Å². The Hall–Kier alpha value is -3.90. The molecule has 6 heteroatoms. The van der Waals surface area contributed by atoms with Gasteiger partial charge in [0.1, 0.15) is 0 Å². The van der Waals surface area contributed by atoms with E-state index in [0.717, 1.165) is 31.5 Å². The summed E-state index contributed by atoms with van der Waals surface area (Å²) in [4.78, 5) is 55.2. The van der Waals surface area contributed by atoms with Gasteiger partial charge in [-0.05, 0) is 56.6 Å². The molecule has 1 saturated heterocycles. The number of ketones is 3. The number of Topliss-reactive ketones (excluding diaryl/α,β-unsaturated/α-hetero) is 1. The molecule has 36 heavy (non-hydrogen) atoms. The van der Waals surface area contributed by atoms with Gasteiger partial charge in [-0.2, -0.15) is 0 Å². The Bertz CT molecular complexity index is 1370. The summed E-state index contributed by atoms with van der Waals surface area (Å²) in [5, 5.41) is 2.89. The van der Waals surface area contributed by atoms with Crippen LogP contribution in [0.5, 0.6) is 0 Å². The smallest absolute Gasteiger partial charge is 0.255 e. The summed E-state index contributed by atoms with van der Waals surface area (Å²) < 4.78 is 0. The minimum absolute atomic E-state index is 0.0117. The summed E-state index contributed by atoms with van der Waals surface area (Å²) >= 11 is 0. The van der Waals surface area contributed by atoms with Crippen molar-refractivity contribution in [2.75, 3.05) is 25.0 Å². The third kappa shape index (κ3) is 4.64. The number of nitrogens with one attached hydrogen (secondary N) is 1. The fraction of sp³-hybridized carbons (Fsp3) is 0.267. The number of anilines is 1. The van der Waals surface area contributed by atoms with Gasteiger partial charge in [0.2, 0.25) is 0 Å². The van der Waals surface area contributed by atoms with Crippen molar-refractivity contribution >= 4 is 28.9 Å². The topological polar surface area (TPSA) is 83.6 Å². The molecule has 0 atom stereocenters. The van der Waals surface area contributed by atoms with Crippen LogP contribution in [-0.2, 0) is 11.2 Å². The van der Waals surface area contributed by atoms with Gasteiger partial charge in [-0.3, -0.25) is 24.1 Å². The van der Waals surface area contributed by atoms with E-state index in [9.17, 15) is 19.2 Å². The Balaban J connectivity index is 1.53. The Kier molecular flexibility index (Phi) is 6.61. The first-order chi connectivity index (χ1) is 17.4. The predicted octanol–water partition coefficient (Wildman–Crippen LogP) is 4.62. The monoisotopic (exact) mass is 480 g/mol. The number of carbonyl (C=O) groups excluding carboxylic acids is 4. The highest BCUT2D eigenvalue weighted by Crippen LogP contribution is 2.35. The average molecular weight is 481 g/mol. The Morgan fingerprint density at radius 2 is 1.47 bits per heavy atom. The lowest BCUT2D eigenvalue weighted by atomic mass is 9.81. The van der Waals surface area contributed by atoms with Crippen molar-refractivity contribution in [3.05, 3.63) is 99.6 Å². The molecule has 5 rings (SSSR count). The van der Waals surface area contributed by atoms with Crippen molar-refractivity contribution in [2.24, 2.45) is 0 Å². The zero-order chi connectivity index (χ0) is 25.2. The third-order valence-electron chi connectivity index (χ3n) is 6.97. The molecule has 0 saturated carbocycles. The van der Waals surface area contributed by atoms with E-state index in [0.29, 0.717) is 28.8 Å². The van der Waals surface area contributed by atoms with E-state index in [-0.39, 0.29) is 40.6 Å². The van der Waals surface area contributed by atoms with E-state index in [2.05, 4.69) is 10.2 Å². The van der Waals surface area contributed by atoms with Crippen LogP contribution in [0.4, 0.5) is 5.69 Å². The molecule has 182 valence electrons. The lowest BCUT2D eigenvalue weighted by molar-refractivity contribution is -0.119. The number of rotatable bonds is 6. The van der Waals surface area contributed by atoms with E-state index in [1.54, 1.807) is 48.5 Å². The van der Waals surface area contributed by atoms with Crippen LogP contribution in [0.2, 0.25) is 0 Å². The van der Waals surface area contributed by atoms with Gasteiger partial charge in [0.15, 0.2) is 17.3 Å². The summed E-state index contributed by atoms with van der Waals surface area (Å²) in [6.45, 7) is 4.06. The van der Waals surface area contributed by atoms with E-state index < -0.39 is 5.91 Å². The zero-order valence-electron chi connectivity index (χ0n) is 20.3. The summed E-state index contributed by atoms with van der Waals surface area (Å²) in [6.07, 6.45) is 3.42. The fourth-order valence-electron chi connectivity index (χ4n) is 5.05. The molecular formula is C30H28N2O4. The number of fused-ring (bicyclic) bond motifs is 2. The van der Waals surface area contributed by atoms with Crippen LogP contribution in [0.15, 0.2) is 60.7 Å². The van der Waals surface area contributed by atoms with Crippen LogP contribution in [0.1, 0.15) is 72.6 Å². The number of carbonyl (C=O) groups is 4. The first kappa shape index (κ1) is 23.8. The van der Waals surface area contributed by atoms with Crippen LogP contribution in [0, 0.1) is 6.92 Å². The van der Waals surface area contributed by atoms with Crippen molar-refractivity contribution in [1.29, 1.82) is 0 Å². The highest BCUT2D eigenvalue weighted by molar-refractivity contribution is 6.31. The first-order valence-electron chi connectivity index (χ1n) is 12.4. The summed E-state index contributed by atoms with van der Waals surface area (Å²) in [7, 11) is 0. The molecule has 3 aromatic rings. The zero-order valence-corrected chi connectivity index (χ0v) is 20.3. The molecule has 1 fully saturated rings. The second-order valence-corrected chi connectivity index (χ2v) is 9.60. The molecular weight excluding hydrogens is 452 g/mol.